The molecule has 0 bridgehead atoms. The summed E-state index contributed by atoms with van der Waals surface area (Å²) >= 11 is 8.58. The van der Waals surface area contributed by atoms with Gasteiger partial charge in [0, 0.05) is 17.6 Å². The number of carbonyl (C=O) groups excluding carboxylic acids is 1. The highest BCUT2D eigenvalue weighted by atomic mass is 79.9. The molecular weight excluding hydrogens is 392 g/mol. The third-order valence-electron chi connectivity index (χ3n) is 3.50. The Morgan fingerprint density at radius 3 is 2.96 bits per heavy atom. The van der Waals surface area contributed by atoms with Crippen molar-refractivity contribution in [2.75, 3.05) is 19.8 Å². The normalized spacial score (nSPS) is 16.9. The van der Waals surface area contributed by atoms with Crippen molar-refractivity contribution in [2.45, 2.75) is 32.8 Å². The first-order chi connectivity index (χ1) is 11.5. The van der Waals surface area contributed by atoms with E-state index in [2.05, 4.69) is 40.4 Å². The minimum atomic E-state index is -0.292. The largest absolute Gasteiger partial charge is 0.492 e. The van der Waals surface area contributed by atoms with Crippen LogP contribution < -0.4 is 15.4 Å². The van der Waals surface area contributed by atoms with Gasteiger partial charge in [0.15, 0.2) is 5.11 Å². The maximum atomic E-state index is 12.5. The molecule has 0 radical (unpaired) electrons. The first-order valence-corrected chi connectivity index (χ1v) is 9.29. The van der Waals surface area contributed by atoms with E-state index >= 15 is 0 Å². The third kappa shape index (κ3) is 6.03. The maximum Gasteiger partial charge on any atom is 0.261 e. The lowest BCUT2D eigenvalue weighted by Gasteiger charge is -2.15. The summed E-state index contributed by atoms with van der Waals surface area (Å²) in [4.78, 5) is 12.5. The van der Waals surface area contributed by atoms with Gasteiger partial charge in [0.1, 0.15) is 5.75 Å². The Kier molecular flexibility index (Phi) is 7.45. The molecule has 2 N–H and O–H groups in total. The summed E-state index contributed by atoms with van der Waals surface area (Å²) in [6, 6.07) is 5.36. The van der Waals surface area contributed by atoms with Gasteiger partial charge in [0.25, 0.3) is 5.91 Å². The van der Waals surface area contributed by atoms with Crippen LogP contribution in [0.2, 0.25) is 0 Å². The number of halogens is 1. The standard InChI is InChI=1S/C17H23BrN2O3S/c1-11(2)10-23-15-6-5-12(18)8-14(15)16(21)20-17(24)19-9-13-4-3-7-22-13/h5-6,8,11,13H,3-4,7,9-10H2,1-2H3,(H2,19,20,21,24). The lowest BCUT2D eigenvalue weighted by atomic mass is 10.2. The fraction of sp³-hybridized carbons (Fsp3) is 0.529. The summed E-state index contributed by atoms with van der Waals surface area (Å²) < 4.78 is 12.1. The first-order valence-electron chi connectivity index (χ1n) is 8.09. The van der Waals surface area contributed by atoms with Crippen LogP contribution in [0.25, 0.3) is 0 Å². The molecule has 0 aromatic heterocycles. The smallest absolute Gasteiger partial charge is 0.261 e. The van der Waals surface area contributed by atoms with E-state index in [0.717, 1.165) is 23.9 Å². The van der Waals surface area contributed by atoms with E-state index in [1.807, 2.05) is 6.07 Å². The molecule has 2 rings (SSSR count). The molecule has 1 aromatic carbocycles. The van der Waals surface area contributed by atoms with E-state index < -0.39 is 0 Å². The quantitative estimate of drug-likeness (QED) is 0.699. The van der Waals surface area contributed by atoms with Gasteiger partial charge in [-0.1, -0.05) is 29.8 Å². The van der Waals surface area contributed by atoms with Crippen molar-refractivity contribution in [2.24, 2.45) is 5.92 Å². The van der Waals surface area contributed by atoms with E-state index in [1.165, 1.54) is 0 Å². The summed E-state index contributed by atoms with van der Waals surface area (Å²) in [6.45, 7) is 6.06. The molecule has 1 unspecified atom stereocenters. The van der Waals surface area contributed by atoms with Crippen molar-refractivity contribution < 1.29 is 14.3 Å². The van der Waals surface area contributed by atoms with Gasteiger partial charge < -0.3 is 14.8 Å². The Hall–Kier alpha value is -1.18. The number of hydrogen-bond acceptors (Lipinski definition) is 4. The lowest BCUT2D eigenvalue weighted by Crippen LogP contribution is -2.42. The van der Waals surface area contributed by atoms with Crippen molar-refractivity contribution in [3.63, 3.8) is 0 Å². The Balaban J connectivity index is 1.94. The number of hydrogen-bond donors (Lipinski definition) is 2. The molecule has 1 aromatic rings. The van der Waals surface area contributed by atoms with Gasteiger partial charge in [-0.3, -0.25) is 10.1 Å². The predicted octanol–water partition coefficient (Wildman–Crippen LogP) is 3.27. The van der Waals surface area contributed by atoms with E-state index in [1.54, 1.807) is 12.1 Å². The van der Waals surface area contributed by atoms with Crippen molar-refractivity contribution in [3.05, 3.63) is 28.2 Å². The zero-order chi connectivity index (χ0) is 17.5. The summed E-state index contributed by atoms with van der Waals surface area (Å²) in [5, 5.41) is 6.03. The minimum Gasteiger partial charge on any atom is -0.492 e. The SMILES string of the molecule is CC(C)COc1ccc(Br)cc1C(=O)NC(=S)NCC1CCCO1. The van der Waals surface area contributed by atoms with E-state index in [-0.39, 0.29) is 12.0 Å². The summed E-state index contributed by atoms with van der Waals surface area (Å²) in [5.74, 6) is 0.630. The topological polar surface area (TPSA) is 59.6 Å². The highest BCUT2D eigenvalue weighted by Crippen LogP contribution is 2.23. The lowest BCUT2D eigenvalue weighted by molar-refractivity contribution is 0.0968. The molecule has 5 nitrogen and oxygen atoms in total. The van der Waals surface area contributed by atoms with Gasteiger partial charge in [0.2, 0.25) is 0 Å². The molecule has 1 aliphatic rings. The highest BCUT2D eigenvalue weighted by molar-refractivity contribution is 9.10. The Bertz CT molecular complexity index is 589. The van der Waals surface area contributed by atoms with Crippen molar-refractivity contribution in [1.82, 2.24) is 10.6 Å². The number of thiocarbonyl (C=S) groups is 1. The minimum absolute atomic E-state index is 0.163. The van der Waals surface area contributed by atoms with Gasteiger partial charge >= 0.3 is 0 Å². The summed E-state index contributed by atoms with van der Waals surface area (Å²) in [6.07, 6.45) is 2.25. The van der Waals surface area contributed by atoms with E-state index in [0.29, 0.717) is 35.5 Å². The van der Waals surface area contributed by atoms with E-state index in [4.69, 9.17) is 21.7 Å². The number of amides is 1. The molecule has 1 atom stereocenters. The molecule has 0 aliphatic carbocycles. The Morgan fingerprint density at radius 2 is 2.29 bits per heavy atom. The van der Waals surface area contributed by atoms with Crippen LogP contribution in [0.5, 0.6) is 5.75 Å². The Morgan fingerprint density at radius 1 is 1.50 bits per heavy atom. The highest BCUT2D eigenvalue weighted by Gasteiger charge is 2.18. The van der Waals surface area contributed by atoms with Crippen LogP contribution in [-0.2, 0) is 4.74 Å². The zero-order valence-corrected chi connectivity index (χ0v) is 16.3. The van der Waals surface area contributed by atoms with Crippen molar-refractivity contribution in [1.29, 1.82) is 0 Å². The van der Waals surface area contributed by atoms with Crippen LogP contribution in [0.15, 0.2) is 22.7 Å². The number of carbonyl (C=O) groups is 1. The second kappa shape index (κ2) is 9.34. The molecule has 0 spiro atoms. The molecule has 1 heterocycles. The number of rotatable bonds is 6. The predicted molar refractivity (Wildman–Crippen MR) is 102 cm³/mol. The average molecular weight is 415 g/mol. The molecule has 0 saturated carbocycles. The number of nitrogens with one attached hydrogen (secondary N) is 2. The number of ether oxygens (including phenoxy) is 2. The van der Waals surface area contributed by atoms with Gasteiger partial charge in [-0.15, -0.1) is 0 Å². The third-order valence-corrected chi connectivity index (χ3v) is 4.24. The molecule has 7 heteroatoms. The van der Waals surface area contributed by atoms with Gasteiger partial charge in [-0.2, -0.15) is 0 Å². The molecule has 1 amide bonds. The second-order valence-electron chi connectivity index (χ2n) is 6.14. The fourth-order valence-electron chi connectivity index (χ4n) is 2.29. The molecular formula is C17H23BrN2O3S. The fourth-order valence-corrected chi connectivity index (χ4v) is 2.83. The van der Waals surface area contributed by atoms with E-state index in [9.17, 15) is 4.79 Å². The van der Waals surface area contributed by atoms with Crippen LogP contribution in [-0.4, -0.2) is 36.9 Å². The van der Waals surface area contributed by atoms with Crippen molar-refractivity contribution in [3.8, 4) is 5.75 Å². The zero-order valence-electron chi connectivity index (χ0n) is 13.9. The monoisotopic (exact) mass is 414 g/mol. The summed E-state index contributed by atoms with van der Waals surface area (Å²) in [5.41, 5.74) is 0.450. The van der Waals surface area contributed by atoms with Crippen LogP contribution in [0.1, 0.15) is 37.0 Å². The number of benzene rings is 1. The molecule has 24 heavy (non-hydrogen) atoms. The van der Waals surface area contributed by atoms with Crippen LogP contribution in [0.3, 0.4) is 0 Å². The van der Waals surface area contributed by atoms with Gasteiger partial charge in [-0.25, -0.2) is 0 Å². The van der Waals surface area contributed by atoms with Crippen LogP contribution in [0, 0.1) is 5.92 Å². The maximum absolute atomic E-state index is 12.5. The van der Waals surface area contributed by atoms with Gasteiger partial charge in [0.05, 0.1) is 18.3 Å². The molecule has 132 valence electrons. The second-order valence-corrected chi connectivity index (χ2v) is 7.47. The average Bonchev–Trinajstić information content (AvgIpc) is 3.05. The van der Waals surface area contributed by atoms with Gasteiger partial charge in [-0.05, 0) is 49.2 Å². The Labute approximate surface area is 156 Å². The first kappa shape index (κ1) is 19.1. The van der Waals surface area contributed by atoms with Crippen molar-refractivity contribution >= 4 is 39.2 Å². The molecule has 1 saturated heterocycles. The molecule has 1 aliphatic heterocycles. The molecule has 1 fully saturated rings. The van der Waals surface area contributed by atoms with Crippen LogP contribution in [0.4, 0.5) is 0 Å². The van der Waals surface area contributed by atoms with Crippen LogP contribution >= 0.6 is 28.1 Å². The summed E-state index contributed by atoms with van der Waals surface area (Å²) in [7, 11) is 0.